The molecule has 25 heavy (non-hydrogen) atoms. The normalized spacial score (nSPS) is 13.7. The molecule has 0 radical (unpaired) electrons. The first-order valence-electron chi connectivity index (χ1n) is 7.29. The molecule has 2 rings (SSSR count). The Hall–Kier alpha value is -3.35. The number of hydrogen-bond donors (Lipinski definition) is 4. The fourth-order valence-corrected chi connectivity index (χ4v) is 2.36. The molecule has 1 atom stereocenters. The van der Waals surface area contributed by atoms with Crippen molar-refractivity contribution in [3.63, 3.8) is 0 Å². The molecule has 0 amide bonds. The molecule has 0 saturated carbocycles. The van der Waals surface area contributed by atoms with Gasteiger partial charge in [0.05, 0.1) is 7.11 Å². The van der Waals surface area contributed by atoms with Crippen molar-refractivity contribution in [2.75, 3.05) is 7.11 Å². The zero-order chi connectivity index (χ0) is 18.7. The number of aromatic hydroxyl groups is 3. The monoisotopic (exact) mass is 346 g/mol. The average molecular weight is 346 g/mol. The van der Waals surface area contributed by atoms with Crippen LogP contribution in [-0.2, 0) is 4.74 Å². The third-order valence-corrected chi connectivity index (χ3v) is 3.52. The Kier molecular flexibility index (Phi) is 5.07. The number of aliphatic hydroxyl groups is 1. The van der Waals surface area contributed by atoms with Gasteiger partial charge in [-0.15, -0.1) is 0 Å². The molecule has 1 aromatic heterocycles. The van der Waals surface area contributed by atoms with Crippen LogP contribution in [0, 0.1) is 0 Å². The molecule has 0 aliphatic carbocycles. The van der Waals surface area contributed by atoms with E-state index in [0.717, 1.165) is 12.1 Å². The molecule has 7 nitrogen and oxygen atoms in total. The highest BCUT2D eigenvalue weighted by Gasteiger charge is 2.21. The van der Waals surface area contributed by atoms with E-state index in [4.69, 9.17) is 9.15 Å². The molecule has 0 fully saturated rings. The van der Waals surface area contributed by atoms with Crippen molar-refractivity contribution in [3.05, 3.63) is 64.4 Å². The highest BCUT2D eigenvalue weighted by atomic mass is 16.5. The van der Waals surface area contributed by atoms with Gasteiger partial charge < -0.3 is 29.6 Å². The van der Waals surface area contributed by atoms with Crippen LogP contribution < -0.4 is 5.43 Å². The third-order valence-electron chi connectivity index (χ3n) is 3.52. The fraction of sp³-hybridized carbons (Fsp3) is 0.167. The second kappa shape index (κ2) is 7.04. The van der Waals surface area contributed by atoms with Gasteiger partial charge >= 0.3 is 0 Å². The number of rotatable bonds is 5. The van der Waals surface area contributed by atoms with Crippen LogP contribution in [-0.4, -0.2) is 27.5 Å². The second-order valence-corrected chi connectivity index (χ2v) is 5.29. The number of benzene rings is 1. The average Bonchev–Trinajstić information content (AvgIpc) is 2.55. The van der Waals surface area contributed by atoms with Crippen LogP contribution in [0.3, 0.4) is 0 Å². The molecule has 0 bridgehead atoms. The zero-order valence-corrected chi connectivity index (χ0v) is 13.7. The van der Waals surface area contributed by atoms with Gasteiger partial charge in [-0.25, -0.2) is 0 Å². The molecular formula is C18H18O7. The molecule has 0 aliphatic rings. The predicted octanol–water partition coefficient (Wildman–Crippen LogP) is 3.17. The summed E-state index contributed by atoms with van der Waals surface area (Å²) >= 11 is 0. The maximum absolute atomic E-state index is 12.3. The Balaban J connectivity index is 2.64. The van der Waals surface area contributed by atoms with E-state index in [1.165, 1.54) is 25.3 Å². The summed E-state index contributed by atoms with van der Waals surface area (Å²) in [5, 5.41) is 39.1. The van der Waals surface area contributed by atoms with Crippen molar-refractivity contribution in [2.24, 2.45) is 0 Å². The molecule has 1 heterocycles. The number of phenolic OH excluding ortho intramolecular Hbond substituents is 2. The van der Waals surface area contributed by atoms with Crippen LogP contribution in [0.2, 0.25) is 0 Å². The van der Waals surface area contributed by atoms with Crippen LogP contribution in [0.15, 0.2) is 57.7 Å². The Bertz CT molecular complexity index is 935. The molecule has 0 aliphatic heterocycles. The van der Waals surface area contributed by atoms with Crippen molar-refractivity contribution in [1.82, 2.24) is 0 Å². The molecular weight excluding hydrogens is 328 g/mol. The SMILES string of the molecule is C=C/C=C(O)\C(=C/C(C)c1oc2cc(O)cc(O)c2c(=O)c1O)OC. The molecule has 4 N–H and O–H groups in total. The first-order chi connectivity index (χ1) is 11.8. The van der Waals surface area contributed by atoms with E-state index in [0.29, 0.717) is 0 Å². The zero-order valence-electron chi connectivity index (χ0n) is 13.7. The number of ether oxygens (including phenoxy) is 1. The molecule has 0 spiro atoms. The number of hydrogen-bond acceptors (Lipinski definition) is 7. The van der Waals surface area contributed by atoms with Crippen LogP contribution in [0.5, 0.6) is 17.2 Å². The third kappa shape index (κ3) is 3.45. The van der Waals surface area contributed by atoms with E-state index in [9.17, 15) is 25.2 Å². The minimum atomic E-state index is -0.834. The summed E-state index contributed by atoms with van der Waals surface area (Å²) in [6.07, 6.45) is 4.11. The Labute approximate surface area is 143 Å². The number of aliphatic hydroxyl groups excluding tert-OH is 1. The predicted molar refractivity (Wildman–Crippen MR) is 91.9 cm³/mol. The first kappa shape index (κ1) is 18.0. The number of phenols is 2. The fourth-order valence-electron chi connectivity index (χ4n) is 2.36. The summed E-state index contributed by atoms with van der Waals surface area (Å²) in [7, 11) is 1.35. The van der Waals surface area contributed by atoms with E-state index < -0.39 is 22.8 Å². The van der Waals surface area contributed by atoms with Gasteiger partial charge in [-0.2, -0.15) is 0 Å². The second-order valence-electron chi connectivity index (χ2n) is 5.29. The van der Waals surface area contributed by atoms with Gasteiger partial charge in [0, 0.05) is 18.1 Å². The smallest absolute Gasteiger partial charge is 0.238 e. The molecule has 7 heteroatoms. The van der Waals surface area contributed by atoms with Crippen molar-refractivity contribution in [1.29, 1.82) is 0 Å². The van der Waals surface area contributed by atoms with Crippen molar-refractivity contribution in [2.45, 2.75) is 12.8 Å². The van der Waals surface area contributed by atoms with Crippen LogP contribution in [0.1, 0.15) is 18.6 Å². The Morgan fingerprint density at radius 3 is 2.60 bits per heavy atom. The summed E-state index contributed by atoms with van der Waals surface area (Å²) in [6, 6.07) is 2.13. The van der Waals surface area contributed by atoms with Crippen LogP contribution >= 0.6 is 0 Å². The summed E-state index contributed by atoms with van der Waals surface area (Å²) in [6.45, 7) is 5.07. The van der Waals surface area contributed by atoms with Crippen LogP contribution in [0.4, 0.5) is 0 Å². The lowest BCUT2D eigenvalue weighted by molar-refractivity contribution is 0.253. The lowest BCUT2D eigenvalue weighted by Crippen LogP contribution is -2.07. The quantitative estimate of drug-likeness (QED) is 0.485. The molecule has 132 valence electrons. The van der Waals surface area contributed by atoms with Gasteiger partial charge in [0.1, 0.15) is 22.5 Å². The summed E-state index contributed by atoms with van der Waals surface area (Å²) in [5.41, 5.74) is -0.917. The maximum Gasteiger partial charge on any atom is 0.238 e. The Morgan fingerprint density at radius 2 is 2.00 bits per heavy atom. The molecule has 1 aromatic carbocycles. The topological polar surface area (TPSA) is 120 Å². The molecule has 0 saturated heterocycles. The lowest BCUT2D eigenvalue weighted by atomic mass is 10.0. The summed E-state index contributed by atoms with van der Waals surface area (Å²) < 4.78 is 10.6. The largest absolute Gasteiger partial charge is 0.508 e. The maximum atomic E-state index is 12.3. The Morgan fingerprint density at radius 1 is 1.32 bits per heavy atom. The first-order valence-corrected chi connectivity index (χ1v) is 7.29. The molecule has 1 unspecified atom stereocenters. The number of allylic oxidation sites excluding steroid dienone is 3. The van der Waals surface area contributed by atoms with E-state index >= 15 is 0 Å². The van der Waals surface area contributed by atoms with Gasteiger partial charge in [0.15, 0.2) is 17.3 Å². The minimum Gasteiger partial charge on any atom is -0.508 e. The van der Waals surface area contributed by atoms with Crippen LogP contribution in [0.25, 0.3) is 11.0 Å². The highest BCUT2D eigenvalue weighted by molar-refractivity contribution is 5.85. The van der Waals surface area contributed by atoms with Gasteiger partial charge in [0.2, 0.25) is 11.2 Å². The van der Waals surface area contributed by atoms with E-state index in [1.807, 2.05) is 0 Å². The summed E-state index contributed by atoms with van der Waals surface area (Å²) in [4.78, 5) is 12.3. The van der Waals surface area contributed by atoms with Crippen molar-refractivity contribution in [3.8, 4) is 17.2 Å². The number of fused-ring (bicyclic) bond motifs is 1. The summed E-state index contributed by atoms with van der Waals surface area (Å²) in [5.74, 6) is -2.36. The lowest BCUT2D eigenvalue weighted by Gasteiger charge is -2.12. The van der Waals surface area contributed by atoms with Crippen molar-refractivity contribution < 1.29 is 29.6 Å². The minimum absolute atomic E-state index is 0.0830. The van der Waals surface area contributed by atoms with Gasteiger partial charge in [-0.05, 0) is 12.2 Å². The molecule has 2 aromatic rings. The van der Waals surface area contributed by atoms with E-state index in [1.54, 1.807) is 6.92 Å². The van der Waals surface area contributed by atoms with Crippen molar-refractivity contribution >= 4 is 11.0 Å². The van der Waals surface area contributed by atoms with Gasteiger partial charge in [-0.3, -0.25) is 4.79 Å². The number of methoxy groups -OCH3 is 1. The standard InChI is InChI=1S/C18H18O7/c1-4-5-11(20)13(24-3)6-9(2)18-17(23)16(22)15-12(21)7-10(19)8-14(15)25-18/h4-9,19-21,23H,1H2,2-3H3/b11-5+,13-6+. The highest BCUT2D eigenvalue weighted by Crippen LogP contribution is 2.34. The van der Waals surface area contributed by atoms with Gasteiger partial charge in [0.25, 0.3) is 0 Å². The van der Waals surface area contributed by atoms with Gasteiger partial charge in [-0.1, -0.05) is 19.6 Å². The van der Waals surface area contributed by atoms with E-state index in [-0.39, 0.29) is 34.0 Å². The van der Waals surface area contributed by atoms with E-state index in [2.05, 4.69) is 6.58 Å².